The van der Waals surface area contributed by atoms with E-state index in [0.717, 1.165) is 12.3 Å². The van der Waals surface area contributed by atoms with E-state index in [9.17, 15) is 4.79 Å². The van der Waals surface area contributed by atoms with E-state index in [-0.39, 0.29) is 0 Å². The minimum Gasteiger partial charge on any atom is -0.299 e. The van der Waals surface area contributed by atoms with Crippen molar-refractivity contribution < 1.29 is 4.79 Å². The summed E-state index contributed by atoms with van der Waals surface area (Å²) in [6.45, 7) is 2.13. The van der Waals surface area contributed by atoms with Gasteiger partial charge in [-0.1, -0.05) is 6.92 Å². The number of rotatable bonds is 1. The number of carbonyl (C=O) groups is 1. The quantitative estimate of drug-likeness (QED) is 0.541. The summed E-state index contributed by atoms with van der Waals surface area (Å²) < 4.78 is 0. The van der Waals surface area contributed by atoms with Crippen molar-refractivity contribution >= 4 is 5.78 Å². The minimum atomic E-state index is 0.434. The van der Waals surface area contributed by atoms with Crippen LogP contribution in [0.1, 0.15) is 32.6 Å². The predicted octanol–water partition coefficient (Wildman–Crippen LogP) is 2.01. The largest absolute Gasteiger partial charge is 0.299 e. The lowest BCUT2D eigenvalue weighted by Crippen LogP contribution is -2.20. The molecule has 0 aromatic rings. The summed E-state index contributed by atoms with van der Waals surface area (Å²) in [4.78, 5) is 11.4. The number of carbonyl (C=O) groups excluding carboxylic acids is 1. The van der Waals surface area contributed by atoms with Crippen LogP contribution in [0.2, 0.25) is 0 Å². The van der Waals surface area contributed by atoms with Gasteiger partial charge in [0.25, 0.3) is 0 Å². The van der Waals surface area contributed by atoms with Crippen LogP contribution in [0.25, 0.3) is 0 Å². The number of ketones is 1. The zero-order valence-corrected chi connectivity index (χ0v) is 6.47. The van der Waals surface area contributed by atoms with Crippen LogP contribution >= 0.6 is 0 Å². The molecule has 0 bridgehead atoms. The molecule has 0 amide bonds. The van der Waals surface area contributed by atoms with E-state index in [4.69, 9.17) is 0 Å². The van der Waals surface area contributed by atoms with E-state index in [0.29, 0.717) is 17.6 Å². The number of fused-ring (bicyclic) bond motifs is 1. The normalized spacial score (nSPS) is 44.9. The van der Waals surface area contributed by atoms with Crippen molar-refractivity contribution in [2.24, 2.45) is 17.8 Å². The van der Waals surface area contributed by atoms with E-state index in [1.54, 1.807) is 0 Å². The Hall–Kier alpha value is -0.330. The van der Waals surface area contributed by atoms with Crippen LogP contribution in [-0.2, 0) is 4.79 Å². The molecule has 1 nitrogen and oxygen atoms in total. The lowest BCUT2D eigenvalue weighted by atomic mass is 9.86. The third-order valence-corrected chi connectivity index (χ3v) is 3.07. The zero-order chi connectivity index (χ0) is 7.14. The zero-order valence-electron chi connectivity index (χ0n) is 6.47. The molecular weight excluding hydrogens is 124 g/mol. The molecule has 10 heavy (non-hydrogen) atoms. The number of hydrogen-bond donors (Lipinski definition) is 0. The molecule has 0 heterocycles. The van der Waals surface area contributed by atoms with Crippen LogP contribution in [0, 0.1) is 17.8 Å². The summed E-state index contributed by atoms with van der Waals surface area (Å²) >= 11 is 0. The third kappa shape index (κ3) is 0.799. The fourth-order valence-electron chi connectivity index (χ4n) is 2.18. The van der Waals surface area contributed by atoms with Crippen LogP contribution in [0.3, 0.4) is 0 Å². The van der Waals surface area contributed by atoms with E-state index in [1.807, 2.05) is 0 Å². The lowest BCUT2D eigenvalue weighted by Gasteiger charge is -2.17. The molecule has 0 saturated heterocycles. The molecule has 0 aliphatic heterocycles. The molecule has 1 heteroatoms. The summed E-state index contributed by atoms with van der Waals surface area (Å²) in [6, 6.07) is 0. The maximum atomic E-state index is 11.4. The van der Waals surface area contributed by atoms with Crippen LogP contribution < -0.4 is 0 Å². The van der Waals surface area contributed by atoms with Gasteiger partial charge in [-0.05, 0) is 31.6 Å². The Morgan fingerprint density at radius 3 is 3.00 bits per heavy atom. The van der Waals surface area contributed by atoms with Gasteiger partial charge in [0.15, 0.2) is 0 Å². The van der Waals surface area contributed by atoms with Gasteiger partial charge in [0.1, 0.15) is 5.78 Å². The van der Waals surface area contributed by atoms with Crippen molar-refractivity contribution in [1.82, 2.24) is 0 Å². The van der Waals surface area contributed by atoms with Crippen LogP contribution in [0.4, 0.5) is 0 Å². The molecule has 3 atom stereocenters. The summed E-state index contributed by atoms with van der Waals surface area (Å²) in [7, 11) is 0. The Balaban J connectivity index is 2.04. The smallest absolute Gasteiger partial charge is 0.139 e. The monoisotopic (exact) mass is 138 g/mol. The fraction of sp³-hybridized carbons (Fsp3) is 0.889. The van der Waals surface area contributed by atoms with Gasteiger partial charge >= 0.3 is 0 Å². The Morgan fingerprint density at radius 2 is 2.30 bits per heavy atom. The fourth-order valence-corrected chi connectivity index (χ4v) is 2.18. The summed E-state index contributed by atoms with van der Waals surface area (Å²) in [5.41, 5.74) is 0. The molecule has 0 unspecified atom stereocenters. The van der Waals surface area contributed by atoms with Crippen molar-refractivity contribution in [2.45, 2.75) is 32.6 Å². The van der Waals surface area contributed by atoms with E-state index >= 15 is 0 Å². The van der Waals surface area contributed by atoms with Crippen LogP contribution in [-0.4, -0.2) is 5.78 Å². The maximum absolute atomic E-state index is 11.4. The van der Waals surface area contributed by atoms with Gasteiger partial charge in [0.05, 0.1) is 0 Å². The van der Waals surface area contributed by atoms with Gasteiger partial charge in [-0.25, -0.2) is 0 Å². The molecule has 2 fully saturated rings. The Bertz CT molecular complexity index is 162. The average molecular weight is 138 g/mol. The Kier molecular flexibility index (Phi) is 1.33. The highest BCUT2D eigenvalue weighted by Gasteiger charge is 2.47. The first-order valence-corrected chi connectivity index (χ1v) is 4.36. The second-order valence-electron chi connectivity index (χ2n) is 3.69. The minimum absolute atomic E-state index is 0.434. The van der Waals surface area contributed by atoms with Gasteiger partial charge in [-0.2, -0.15) is 0 Å². The first-order chi connectivity index (χ1) is 4.83. The van der Waals surface area contributed by atoms with Crippen molar-refractivity contribution in [3.05, 3.63) is 0 Å². The van der Waals surface area contributed by atoms with Gasteiger partial charge in [-0.3, -0.25) is 4.79 Å². The second kappa shape index (κ2) is 2.08. The van der Waals surface area contributed by atoms with Crippen molar-refractivity contribution in [2.75, 3.05) is 0 Å². The van der Waals surface area contributed by atoms with Crippen molar-refractivity contribution in [3.63, 3.8) is 0 Å². The van der Waals surface area contributed by atoms with E-state index < -0.39 is 0 Å². The van der Waals surface area contributed by atoms with E-state index in [2.05, 4.69) is 6.92 Å². The van der Waals surface area contributed by atoms with Gasteiger partial charge in [0, 0.05) is 11.8 Å². The van der Waals surface area contributed by atoms with E-state index in [1.165, 1.54) is 19.3 Å². The van der Waals surface area contributed by atoms with Gasteiger partial charge in [-0.15, -0.1) is 0 Å². The van der Waals surface area contributed by atoms with Gasteiger partial charge < -0.3 is 0 Å². The highest BCUT2D eigenvalue weighted by Crippen LogP contribution is 2.49. The second-order valence-corrected chi connectivity index (χ2v) is 3.69. The molecule has 0 spiro atoms. The summed E-state index contributed by atoms with van der Waals surface area (Å²) in [6.07, 6.45) is 4.79. The van der Waals surface area contributed by atoms with Crippen LogP contribution in [0.5, 0.6) is 0 Å². The van der Waals surface area contributed by atoms with Crippen molar-refractivity contribution in [1.29, 1.82) is 0 Å². The maximum Gasteiger partial charge on any atom is 0.139 e. The first kappa shape index (κ1) is 6.38. The van der Waals surface area contributed by atoms with Gasteiger partial charge in [0.2, 0.25) is 0 Å². The predicted molar refractivity (Wildman–Crippen MR) is 39.6 cm³/mol. The molecule has 0 aromatic heterocycles. The van der Waals surface area contributed by atoms with Crippen molar-refractivity contribution in [3.8, 4) is 0 Å². The molecule has 56 valence electrons. The number of Topliss-reactive ketones (excluding diaryl/α,β-unsaturated/α-hetero) is 1. The SMILES string of the molecule is CC[C@@H]1CC[C@H]2C[C@@H]2C1=O. The van der Waals surface area contributed by atoms with Crippen LogP contribution in [0.15, 0.2) is 0 Å². The first-order valence-electron chi connectivity index (χ1n) is 4.36. The molecular formula is C9H14O. The standard InChI is InChI=1S/C9H14O/c1-2-6-3-4-7-5-8(7)9(6)10/h6-8H,2-5H2,1H3/t6-,7+,8+/m1/s1. The highest BCUT2D eigenvalue weighted by molar-refractivity contribution is 5.86. The Labute approximate surface area is 61.8 Å². The summed E-state index contributed by atoms with van der Waals surface area (Å²) in [5, 5.41) is 0. The molecule has 2 aliphatic rings. The highest BCUT2D eigenvalue weighted by atomic mass is 16.1. The molecule has 2 saturated carbocycles. The Morgan fingerprint density at radius 1 is 1.50 bits per heavy atom. The molecule has 0 N–H and O–H groups in total. The third-order valence-electron chi connectivity index (χ3n) is 3.07. The molecule has 0 radical (unpaired) electrons. The lowest BCUT2D eigenvalue weighted by molar-refractivity contribution is -0.125. The topological polar surface area (TPSA) is 17.1 Å². The summed E-state index contributed by atoms with van der Waals surface area (Å²) in [5.74, 6) is 2.34. The molecule has 2 aliphatic carbocycles. The average Bonchev–Trinajstić information content (AvgIpc) is 2.68. The molecule has 0 aromatic carbocycles. The molecule has 2 rings (SSSR count). The number of hydrogen-bond acceptors (Lipinski definition) is 1.